The molecule has 1 unspecified atom stereocenters. The Hall–Kier alpha value is -1.53. The highest BCUT2D eigenvalue weighted by Gasteiger charge is 2.14. The summed E-state index contributed by atoms with van der Waals surface area (Å²) in [5, 5.41) is 12.5. The third kappa shape index (κ3) is 3.97. The molecular formula is C16H23N3. The van der Waals surface area contributed by atoms with Crippen molar-refractivity contribution in [2.24, 2.45) is 5.92 Å². The number of benzene rings is 1. The molecule has 2 rings (SSSR count). The van der Waals surface area contributed by atoms with Crippen LogP contribution < -0.4 is 5.32 Å². The topological polar surface area (TPSA) is 39.1 Å². The molecule has 19 heavy (non-hydrogen) atoms. The van der Waals surface area contributed by atoms with Crippen LogP contribution in [0.3, 0.4) is 0 Å². The quantitative estimate of drug-likeness (QED) is 0.881. The second-order valence-corrected chi connectivity index (χ2v) is 5.65. The molecule has 0 bridgehead atoms. The van der Waals surface area contributed by atoms with E-state index >= 15 is 0 Å². The predicted octanol–water partition coefficient (Wildman–Crippen LogP) is 3.01. The Morgan fingerprint density at radius 2 is 2.11 bits per heavy atom. The lowest BCUT2D eigenvalue weighted by molar-refractivity contribution is 0.294. The van der Waals surface area contributed by atoms with E-state index in [2.05, 4.69) is 36.2 Å². The molecule has 1 heterocycles. The highest BCUT2D eigenvalue weighted by atomic mass is 15.1. The molecule has 0 aliphatic carbocycles. The van der Waals surface area contributed by atoms with E-state index in [1.165, 1.54) is 31.5 Å². The van der Waals surface area contributed by atoms with Crippen molar-refractivity contribution in [3.8, 4) is 6.07 Å². The minimum atomic E-state index is 0.602. The summed E-state index contributed by atoms with van der Waals surface area (Å²) in [6, 6.07) is 8.18. The van der Waals surface area contributed by atoms with Gasteiger partial charge in [0.15, 0.2) is 0 Å². The second kappa shape index (κ2) is 6.58. The molecule has 0 amide bonds. The summed E-state index contributed by atoms with van der Waals surface area (Å²) >= 11 is 0. The number of nitrogens with one attached hydrogen (secondary N) is 1. The van der Waals surface area contributed by atoms with Gasteiger partial charge in [-0.15, -0.1) is 0 Å². The predicted molar refractivity (Wildman–Crippen MR) is 79.2 cm³/mol. The van der Waals surface area contributed by atoms with Crippen LogP contribution in [0.15, 0.2) is 18.2 Å². The zero-order chi connectivity index (χ0) is 13.7. The molecular weight excluding hydrogens is 234 g/mol. The first kappa shape index (κ1) is 13.9. The summed E-state index contributed by atoms with van der Waals surface area (Å²) in [4.78, 5) is 2.54. The Morgan fingerprint density at radius 1 is 1.37 bits per heavy atom. The molecule has 1 aliphatic rings. The molecule has 1 N–H and O–H groups in total. The zero-order valence-electron chi connectivity index (χ0n) is 11.9. The van der Waals surface area contributed by atoms with Gasteiger partial charge in [0.1, 0.15) is 6.07 Å². The summed E-state index contributed by atoms with van der Waals surface area (Å²) in [6.07, 6.45) is 2.69. The maximum absolute atomic E-state index is 9.11. The number of nitrogens with zero attached hydrogens (tertiary/aromatic N) is 2. The lowest BCUT2D eigenvalue weighted by Gasteiger charge is -2.21. The number of aryl methyl sites for hydroxylation is 1. The second-order valence-electron chi connectivity index (χ2n) is 5.65. The first-order valence-electron chi connectivity index (χ1n) is 7.16. The molecule has 1 saturated heterocycles. The molecule has 0 saturated carbocycles. The molecule has 3 heteroatoms. The van der Waals surface area contributed by atoms with Gasteiger partial charge < -0.3 is 10.2 Å². The standard InChI is InChI=1S/C16H23N3/c1-13-5-6-15(10-17)16(9-13)18-11-14(2)12-19-7-3-4-8-19/h5-6,9,14,18H,3-4,7-8,11-12H2,1-2H3. The maximum atomic E-state index is 9.11. The fourth-order valence-corrected chi connectivity index (χ4v) is 2.66. The molecule has 102 valence electrons. The number of likely N-dealkylation sites (tertiary alicyclic amines) is 1. The van der Waals surface area contributed by atoms with Crippen molar-refractivity contribution in [1.29, 1.82) is 5.26 Å². The van der Waals surface area contributed by atoms with Crippen LogP contribution in [0.2, 0.25) is 0 Å². The first-order chi connectivity index (χ1) is 9.19. The average Bonchev–Trinajstić information content (AvgIpc) is 2.89. The van der Waals surface area contributed by atoms with Gasteiger partial charge in [-0.3, -0.25) is 0 Å². The summed E-state index contributed by atoms with van der Waals surface area (Å²) < 4.78 is 0. The molecule has 0 aromatic heterocycles. The number of anilines is 1. The number of hydrogen-bond donors (Lipinski definition) is 1. The van der Waals surface area contributed by atoms with Gasteiger partial charge in [0, 0.05) is 13.1 Å². The fourth-order valence-electron chi connectivity index (χ4n) is 2.66. The smallest absolute Gasteiger partial charge is 0.101 e. The van der Waals surface area contributed by atoms with Crippen molar-refractivity contribution in [1.82, 2.24) is 4.90 Å². The van der Waals surface area contributed by atoms with Crippen molar-refractivity contribution in [3.05, 3.63) is 29.3 Å². The largest absolute Gasteiger partial charge is 0.384 e. The van der Waals surface area contributed by atoms with Crippen LogP contribution in [0.5, 0.6) is 0 Å². The summed E-state index contributed by atoms with van der Waals surface area (Å²) in [5.74, 6) is 0.602. The van der Waals surface area contributed by atoms with Crippen molar-refractivity contribution < 1.29 is 0 Å². The van der Waals surface area contributed by atoms with Crippen LogP contribution in [0.25, 0.3) is 0 Å². The van der Waals surface area contributed by atoms with E-state index in [1.54, 1.807) is 0 Å². The van der Waals surface area contributed by atoms with Gasteiger partial charge in [0.05, 0.1) is 11.3 Å². The van der Waals surface area contributed by atoms with Crippen molar-refractivity contribution in [3.63, 3.8) is 0 Å². The first-order valence-corrected chi connectivity index (χ1v) is 7.16. The van der Waals surface area contributed by atoms with Crippen LogP contribution in [0.4, 0.5) is 5.69 Å². The Bertz CT molecular complexity index is 456. The molecule has 1 fully saturated rings. The van der Waals surface area contributed by atoms with Crippen molar-refractivity contribution >= 4 is 5.69 Å². The number of rotatable bonds is 5. The van der Waals surface area contributed by atoms with Crippen LogP contribution in [-0.4, -0.2) is 31.1 Å². The van der Waals surface area contributed by atoms with Gasteiger partial charge in [-0.25, -0.2) is 0 Å². The SMILES string of the molecule is Cc1ccc(C#N)c(NCC(C)CN2CCCC2)c1. The summed E-state index contributed by atoms with van der Waals surface area (Å²) in [6.45, 7) is 8.90. The molecule has 0 radical (unpaired) electrons. The van der Waals surface area contributed by atoms with E-state index in [0.717, 1.165) is 24.3 Å². The highest BCUT2D eigenvalue weighted by molar-refractivity contribution is 5.58. The number of hydrogen-bond acceptors (Lipinski definition) is 3. The van der Waals surface area contributed by atoms with Crippen LogP contribution in [-0.2, 0) is 0 Å². The Morgan fingerprint density at radius 3 is 2.79 bits per heavy atom. The monoisotopic (exact) mass is 257 g/mol. The zero-order valence-corrected chi connectivity index (χ0v) is 11.9. The van der Waals surface area contributed by atoms with Crippen LogP contribution in [0, 0.1) is 24.2 Å². The molecule has 0 spiro atoms. The van der Waals surface area contributed by atoms with E-state index in [1.807, 2.05) is 12.1 Å². The molecule has 1 aliphatic heterocycles. The van der Waals surface area contributed by atoms with Gasteiger partial charge in [-0.1, -0.05) is 13.0 Å². The van der Waals surface area contributed by atoms with Gasteiger partial charge >= 0.3 is 0 Å². The van der Waals surface area contributed by atoms with Gasteiger partial charge in [0.25, 0.3) is 0 Å². The molecule has 1 aromatic rings. The van der Waals surface area contributed by atoms with Crippen molar-refractivity contribution in [2.45, 2.75) is 26.7 Å². The lowest BCUT2D eigenvalue weighted by atomic mass is 10.1. The van der Waals surface area contributed by atoms with E-state index in [9.17, 15) is 0 Å². The number of nitriles is 1. The van der Waals surface area contributed by atoms with Crippen LogP contribution in [0.1, 0.15) is 30.9 Å². The van der Waals surface area contributed by atoms with E-state index in [-0.39, 0.29) is 0 Å². The van der Waals surface area contributed by atoms with Gasteiger partial charge in [-0.2, -0.15) is 5.26 Å². The molecule has 1 aromatic carbocycles. The summed E-state index contributed by atoms with van der Waals surface area (Å²) in [5.41, 5.74) is 2.89. The third-order valence-corrected chi connectivity index (χ3v) is 3.71. The minimum Gasteiger partial charge on any atom is -0.384 e. The Labute approximate surface area is 116 Å². The normalized spacial score (nSPS) is 17.1. The Balaban J connectivity index is 1.87. The minimum absolute atomic E-state index is 0.602. The molecule has 3 nitrogen and oxygen atoms in total. The van der Waals surface area contributed by atoms with E-state index in [4.69, 9.17) is 5.26 Å². The fraction of sp³-hybridized carbons (Fsp3) is 0.562. The van der Waals surface area contributed by atoms with E-state index < -0.39 is 0 Å². The van der Waals surface area contributed by atoms with Crippen molar-refractivity contribution in [2.75, 3.05) is 31.5 Å². The van der Waals surface area contributed by atoms with Crippen LogP contribution >= 0.6 is 0 Å². The van der Waals surface area contributed by atoms with Gasteiger partial charge in [0.2, 0.25) is 0 Å². The maximum Gasteiger partial charge on any atom is 0.101 e. The van der Waals surface area contributed by atoms with Gasteiger partial charge in [-0.05, 0) is 56.5 Å². The summed E-state index contributed by atoms with van der Waals surface area (Å²) in [7, 11) is 0. The average molecular weight is 257 g/mol. The third-order valence-electron chi connectivity index (χ3n) is 3.71. The van der Waals surface area contributed by atoms with E-state index in [0.29, 0.717) is 5.92 Å². The Kier molecular flexibility index (Phi) is 4.81. The molecule has 1 atom stereocenters. The lowest BCUT2D eigenvalue weighted by Crippen LogP contribution is -2.29. The highest BCUT2D eigenvalue weighted by Crippen LogP contribution is 2.17.